The van der Waals surface area contributed by atoms with E-state index in [2.05, 4.69) is 168 Å². The van der Waals surface area contributed by atoms with Crippen LogP contribution in [0.2, 0.25) is 0 Å². The smallest absolute Gasteiger partial charge is 0.164 e. The number of fused-ring (bicyclic) bond motifs is 3. The van der Waals surface area contributed by atoms with E-state index in [1.165, 1.54) is 0 Å². The van der Waals surface area contributed by atoms with Crippen LogP contribution in [-0.4, -0.2) is 88.5 Å². The Kier molecular flexibility index (Phi) is 17.4. The van der Waals surface area contributed by atoms with E-state index in [0.29, 0.717) is 52.4 Å². The minimum Gasteiger partial charge on any atom is -0.292 e. The van der Waals surface area contributed by atoms with Crippen molar-refractivity contribution in [1.29, 1.82) is 0 Å². The molecule has 0 saturated heterocycles. The minimum atomic E-state index is 0.499. The topological polar surface area (TPSA) is 208 Å². The number of aromatic nitrogens is 18. The summed E-state index contributed by atoms with van der Waals surface area (Å²) in [4.78, 5) is 75.3. The lowest BCUT2D eigenvalue weighted by Crippen LogP contribution is -2.01. The van der Waals surface area contributed by atoms with Crippen molar-refractivity contribution in [3.05, 3.63) is 377 Å². The van der Waals surface area contributed by atoms with Crippen molar-refractivity contribution in [3.8, 4) is 176 Å². The van der Waals surface area contributed by atoms with Crippen LogP contribution < -0.4 is 0 Å². The highest BCUT2D eigenvalue weighted by Crippen LogP contribution is 2.39. The van der Waals surface area contributed by atoms with Crippen LogP contribution in [0.5, 0.6) is 0 Å². The molecule has 0 unspecified atom stereocenters. The Morgan fingerprint density at radius 2 is 0.419 bits per heavy atom. The van der Waals surface area contributed by atoms with Crippen LogP contribution >= 0.6 is 0 Å². The molecule has 0 radical (unpaired) electrons. The van der Waals surface area contributed by atoms with Crippen LogP contribution in [0.1, 0.15) is 0 Å². The van der Waals surface area contributed by atoms with Crippen molar-refractivity contribution >= 4 is 33.1 Å². The molecule has 0 aliphatic heterocycles. The Morgan fingerprint density at radius 3 is 0.769 bits per heavy atom. The fourth-order valence-corrected chi connectivity index (χ4v) is 15.0. The van der Waals surface area contributed by atoms with Crippen LogP contribution in [-0.2, 0) is 0 Å². The molecule has 0 aliphatic rings. The fourth-order valence-electron chi connectivity index (χ4n) is 15.0. The van der Waals surface area contributed by atoms with Gasteiger partial charge in [0.2, 0.25) is 0 Å². The molecule has 548 valence electrons. The van der Waals surface area contributed by atoms with Crippen molar-refractivity contribution < 1.29 is 0 Å². The van der Waals surface area contributed by atoms with Gasteiger partial charge in [0, 0.05) is 97.7 Å². The standard InChI is InChI=1S/C99H62N18/c1-3-17-65(18-4-1)88-106-90(109-91(107-88)69-42-46-71(47-43-69)97-103-82-28-7-10-31-85(82)115(97)79-50-55-100-56-51-79)67-38-34-63(35-39-67)73-21-13-23-75(59-73)94-112-93(70-44-48-72(49-45-70)98-104-84-30-9-12-33-87(84)117(98)81-27-16-54-102-62-81)113-95(114-94)76-24-14-22-74(60-76)64-36-40-68(41-37-64)92-108-89(66-19-5-2-6-20-66)110-96(111-92)77-25-15-26-78(61-77)99-105-83-29-8-11-32-86(83)116(99)80-52-57-101-58-53-80/h1-62H. The van der Waals surface area contributed by atoms with Gasteiger partial charge in [-0.05, 0) is 113 Å². The van der Waals surface area contributed by atoms with Crippen LogP contribution in [0.25, 0.3) is 209 Å². The van der Waals surface area contributed by atoms with Crippen molar-refractivity contribution in [2.24, 2.45) is 0 Å². The van der Waals surface area contributed by atoms with Gasteiger partial charge in [-0.15, -0.1) is 0 Å². The maximum absolute atomic E-state index is 5.34. The van der Waals surface area contributed by atoms with Gasteiger partial charge in [0.25, 0.3) is 0 Å². The Balaban J connectivity index is 0.615. The maximum atomic E-state index is 5.34. The first-order valence-corrected chi connectivity index (χ1v) is 38.2. The third kappa shape index (κ3) is 13.3. The van der Waals surface area contributed by atoms with E-state index in [1.807, 2.05) is 206 Å². The van der Waals surface area contributed by atoms with Crippen molar-refractivity contribution in [1.82, 2.24) is 88.5 Å². The van der Waals surface area contributed by atoms with Gasteiger partial charge in [-0.25, -0.2) is 59.8 Å². The third-order valence-corrected chi connectivity index (χ3v) is 20.8. The van der Waals surface area contributed by atoms with Crippen LogP contribution in [0, 0.1) is 0 Å². The van der Waals surface area contributed by atoms with Crippen molar-refractivity contribution in [3.63, 3.8) is 0 Å². The summed E-state index contributed by atoms with van der Waals surface area (Å²) < 4.78 is 6.47. The average Bonchev–Trinajstić information content (AvgIpc) is 1.66. The summed E-state index contributed by atoms with van der Waals surface area (Å²) in [5.74, 6) is 7.14. The Labute approximate surface area is 670 Å². The highest BCUT2D eigenvalue weighted by atomic mass is 15.1. The van der Waals surface area contributed by atoms with Crippen LogP contribution in [0.15, 0.2) is 377 Å². The van der Waals surface area contributed by atoms with Gasteiger partial charge in [-0.2, -0.15) is 0 Å². The van der Waals surface area contributed by atoms with Crippen molar-refractivity contribution in [2.75, 3.05) is 0 Å². The molecule has 0 amide bonds. The molecule has 9 heterocycles. The molecule has 21 aromatic rings. The number of pyridine rings is 3. The molecule has 117 heavy (non-hydrogen) atoms. The van der Waals surface area contributed by atoms with Crippen LogP contribution in [0.3, 0.4) is 0 Å². The Bertz CT molecular complexity index is 7270. The highest BCUT2D eigenvalue weighted by molar-refractivity contribution is 5.88. The highest BCUT2D eigenvalue weighted by Gasteiger charge is 2.23. The molecule has 21 rings (SSSR count). The van der Waals surface area contributed by atoms with E-state index in [0.717, 1.165) is 157 Å². The first-order valence-electron chi connectivity index (χ1n) is 38.2. The molecule has 18 nitrogen and oxygen atoms in total. The van der Waals surface area contributed by atoms with E-state index in [1.54, 1.807) is 31.0 Å². The number of hydrogen-bond donors (Lipinski definition) is 0. The van der Waals surface area contributed by atoms with Gasteiger partial charge in [0.15, 0.2) is 52.4 Å². The summed E-state index contributed by atoms with van der Waals surface area (Å²) in [6, 6.07) is 114. The van der Waals surface area contributed by atoms with E-state index >= 15 is 0 Å². The fraction of sp³-hybridized carbons (Fsp3) is 0. The summed E-state index contributed by atoms with van der Waals surface area (Å²) in [5, 5.41) is 0. The molecule has 0 saturated carbocycles. The first-order chi connectivity index (χ1) is 57.9. The average molecular weight is 1500 g/mol. The Morgan fingerprint density at radius 1 is 0.154 bits per heavy atom. The number of rotatable bonds is 17. The molecule has 0 bridgehead atoms. The Hall–Kier alpha value is -16.5. The molecule has 0 fully saturated rings. The molecular weight excluding hydrogens is 1440 g/mol. The van der Waals surface area contributed by atoms with Gasteiger partial charge in [-0.1, -0.05) is 249 Å². The van der Waals surface area contributed by atoms with Crippen LogP contribution in [0.4, 0.5) is 0 Å². The molecule has 0 N–H and O–H groups in total. The number of nitrogens with zero attached hydrogens (tertiary/aromatic N) is 18. The zero-order chi connectivity index (χ0) is 77.5. The normalized spacial score (nSPS) is 11.4. The second-order valence-electron chi connectivity index (χ2n) is 28.1. The van der Waals surface area contributed by atoms with Crippen molar-refractivity contribution in [2.45, 2.75) is 0 Å². The second kappa shape index (κ2) is 29.6. The van der Waals surface area contributed by atoms with Gasteiger partial charge >= 0.3 is 0 Å². The van der Waals surface area contributed by atoms with Gasteiger partial charge < -0.3 is 0 Å². The van der Waals surface area contributed by atoms with E-state index in [4.69, 9.17) is 59.8 Å². The van der Waals surface area contributed by atoms with Gasteiger partial charge in [0.1, 0.15) is 17.5 Å². The first kappa shape index (κ1) is 68.6. The zero-order valence-electron chi connectivity index (χ0n) is 62.3. The maximum Gasteiger partial charge on any atom is 0.164 e. The summed E-state index contributed by atoms with van der Waals surface area (Å²) in [5.41, 5.74) is 22.5. The lowest BCUT2D eigenvalue weighted by Gasteiger charge is -2.12. The van der Waals surface area contributed by atoms with E-state index < -0.39 is 0 Å². The quantitative estimate of drug-likeness (QED) is 0.0830. The summed E-state index contributed by atoms with van der Waals surface area (Å²) in [7, 11) is 0. The number of imidazole rings is 3. The molecule has 18 heteroatoms. The lowest BCUT2D eigenvalue weighted by atomic mass is 10.0. The summed E-state index contributed by atoms with van der Waals surface area (Å²) in [6.07, 6.45) is 10.8. The predicted molar refractivity (Wildman–Crippen MR) is 460 cm³/mol. The van der Waals surface area contributed by atoms with Gasteiger partial charge in [0.05, 0.1) is 56.4 Å². The summed E-state index contributed by atoms with van der Waals surface area (Å²) >= 11 is 0. The third-order valence-electron chi connectivity index (χ3n) is 20.8. The van der Waals surface area contributed by atoms with E-state index in [9.17, 15) is 0 Å². The lowest BCUT2D eigenvalue weighted by molar-refractivity contribution is 1.07. The predicted octanol–water partition coefficient (Wildman–Crippen LogP) is 21.8. The number of benzene rings is 12. The molecule has 12 aromatic carbocycles. The molecule has 0 spiro atoms. The number of hydrogen-bond acceptors (Lipinski definition) is 15. The monoisotopic (exact) mass is 1500 g/mol. The minimum absolute atomic E-state index is 0.499. The van der Waals surface area contributed by atoms with E-state index in [-0.39, 0.29) is 0 Å². The largest absolute Gasteiger partial charge is 0.292 e. The SMILES string of the molecule is c1ccc(-c2nc(-c3ccc(-c4cccc(-c5nc(-c6ccc(-c7nc8ccccc8n7-c7cccnc7)cc6)nc(-c6cccc(-c7ccc(-c8nc(-c9ccccc9)nc(-c9cccc(-c%10nc%11ccccc%11n%10-c%10ccncc%10)c9)n8)cc7)c6)n5)c4)cc3)nc(-c3ccc(-c4nc5ccccc5n4-c4ccncc4)cc3)n2)cc1. The number of para-hydroxylation sites is 6. The zero-order valence-corrected chi connectivity index (χ0v) is 62.3. The molecule has 0 atom stereocenters. The van der Waals surface area contributed by atoms with Gasteiger partial charge in [-0.3, -0.25) is 28.7 Å². The second-order valence-corrected chi connectivity index (χ2v) is 28.1. The summed E-state index contributed by atoms with van der Waals surface area (Å²) in [6.45, 7) is 0. The molecular formula is C99H62N18. The molecule has 0 aliphatic carbocycles. The molecule has 9 aromatic heterocycles.